The molecule has 0 atom stereocenters. The molecule has 2 heterocycles. The highest BCUT2D eigenvalue weighted by Gasteiger charge is 2.22. The molecule has 2 aromatic rings. The van der Waals surface area contributed by atoms with Gasteiger partial charge in [-0.3, -0.25) is 14.5 Å². The maximum atomic E-state index is 12.9. The Kier molecular flexibility index (Phi) is 6.82. The molecule has 2 aromatic carbocycles. The Labute approximate surface area is 182 Å². The smallest absolute Gasteiger partial charge is 0.260 e. The molecule has 0 bridgehead atoms. The minimum Gasteiger partial charge on any atom is -0.484 e. The third-order valence-corrected chi connectivity index (χ3v) is 5.90. The monoisotopic (exact) mass is 425 g/mol. The highest BCUT2D eigenvalue weighted by molar-refractivity contribution is 5.94. The number of benzene rings is 2. The molecular formula is C24H28FN3O3. The number of rotatable bonds is 6. The van der Waals surface area contributed by atoms with Crippen molar-refractivity contribution in [3.05, 3.63) is 65.5 Å². The van der Waals surface area contributed by atoms with E-state index in [1.165, 1.54) is 24.3 Å². The predicted molar refractivity (Wildman–Crippen MR) is 115 cm³/mol. The fourth-order valence-corrected chi connectivity index (χ4v) is 4.04. The summed E-state index contributed by atoms with van der Waals surface area (Å²) in [5, 5.41) is 0. The normalized spacial score (nSPS) is 17.1. The van der Waals surface area contributed by atoms with Crippen molar-refractivity contribution in [1.82, 2.24) is 14.7 Å². The number of carbonyl (C=O) groups excluding carboxylic acids is 2. The van der Waals surface area contributed by atoms with Gasteiger partial charge in [0.25, 0.3) is 11.8 Å². The summed E-state index contributed by atoms with van der Waals surface area (Å²) >= 11 is 0. The van der Waals surface area contributed by atoms with E-state index in [9.17, 15) is 14.0 Å². The number of halogens is 1. The van der Waals surface area contributed by atoms with Gasteiger partial charge in [-0.15, -0.1) is 0 Å². The first kappa shape index (κ1) is 21.3. The van der Waals surface area contributed by atoms with Crippen LogP contribution < -0.4 is 4.74 Å². The zero-order valence-electron chi connectivity index (χ0n) is 17.6. The van der Waals surface area contributed by atoms with Gasteiger partial charge in [0.15, 0.2) is 6.61 Å². The molecule has 0 aromatic heterocycles. The van der Waals surface area contributed by atoms with Crippen LogP contribution in [0.1, 0.15) is 28.8 Å². The molecule has 0 N–H and O–H groups in total. The molecule has 6 nitrogen and oxygen atoms in total. The third kappa shape index (κ3) is 5.61. The van der Waals surface area contributed by atoms with Crippen LogP contribution in [0.3, 0.4) is 0 Å². The second-order valence-electron chi connectivity index (χ2n) is 8.10. The van der Waals surface area contributed by atoms with Crippen LogP contribution in [0.15, 0.2) is 48.5 Å². The molecule has 0 aliphatic carbocycles. The lowest BCUT2D eigenvalue weighted by Crippen LogP contribution is -2.49. The molecule has 164 valence electrons. The first-order valence-electron chi connectivity index (χ1n) is 10.9. The van der Waals surface area contributed by atoms with Crippen LogP contribution in [-0.2, 0) is 11.3 Å². The number of likely N-dealkylation sites (tertiary alicyclic amines) is 1. The molecule has 0 saturated carbocycles. The van der Waals surface area contributed by atoms with E-state index in [0.29, 0.717) is 18.8 Å². The molecule has 2 amide bonds. The highest BCUT2D eigenvalue weighted by atomic mass is 19.1. The number of hydrogen-bond donors (Lipinski definition) is 0. The summed E-state index contributed by atoms with van der Waals surface area (Å²) in [5.74, 6) is 0.218. The van der Waals surface area contributed by atoms with Crippen molar-refractivity contribution in [2.75, 3.05) is 45.9 Å². The van der Waals surface area contributed by atoms with Gasteiger partial charge >= 0.3 is 0 Å². The van der Waals surface area contributed by atoms with Crippen molar-refractivity contribution in [2.45, 2.75) is 19.4 Å². The van der Waals surface area contributed by atoms with E-state index in [4.69, 9.17) is 4.74 Å². The highest BCUT2D eigenvalue weighted by Crippen LogP contribution is 2.16. The second-order valence-corrected chi connectivity index (χ2v) is 8.10. The number of nitrogens with zero attached hydrogens (tertiary/aromatic N) is 3. The van der Waals surface area contributed by atoms with E-state index >= 15 is 0 Å². The van der Waals surface area contributed by atoms with Crippen LogP contribution in [-0.4, -0.2) is 72.4 Å². The fraction of sp³-hybridized carbons (Fsp3) is 0.417. The van der Waals surface area contributed by atoms with Crippen LogP contribution in [0.25, 0.3) is 0 Å². The van der Waals surface area contributed by atoms with Gasteiger partial charge in [0, 0.05) is 51.4 Å². The first-order chi connectivity index (χ1) is 15.1. The van der Waals surface area contributed by atoms with Gasteiger partial charge in [-0.1, -0.05) is 12.1 Å². The molecule has 31 heavy (non-hydrogen) atoms. The van der Waals surface area contributed by atoms with Crippen LogP contribution in [0, 0.1) is 5.82 Å². The van der Waals surface area contributed by atoms with Crippen LogP contribution in [0.2, 0.25) is 0 Å². The van der Waals surface area contributed by atoms with E-state index in [0.717, 1.165) is 56.7 Å². The van der Waals surface area contributed by atoms with Crippen molar-refractivity contribution in [3.8, 4) is 5.75 Å². The van der Waals surface area contributed by atoms with Crippen molar-refractivity contribution < 1.29 is 18.7 Å². The van der Waals surface area contributed by atoms with Gasteiger partial charge in [-0.25, -0.2) is 4.39 Å². The molecule has 2 fully saturated rings. The first-order valence-corrected chi connectivity index (χ1v) is 10.9. The van der Waals surface area contributed by atoms with E-state index in [-0.39, 0.29) is 24.2 Å². The summed E-state index contributed by atoms with van der Waals surface area (Å²) in [6, 6.07) is 13.6. The van der Waals surface area contributed by atoms with Crippen LogP contribution in [0.4, 0.5) is 4.39 Å². The van der Waals surface area contributed by atoms with Crippen LogP contribution >= 0.6 is 0 Å². The molecule has 0 spiro atoms. The topological polar surface area (TPSA) is 53.1 Å². The number of ether oxygens (including phenoxy) is 1. The fourth-order valence-electron chi connectivity index (χ4n) is 4.04. The summed E-state index contributed by atoms with van der Waals surface area (Å²) in [4.78, 5) is 30.9. The molecule has 4 rings (SSSR count). The Balaban J connectivity index is 1.21. The van der Waals surface area contributed by atoms with Gasteiger partial charge in [0.05, 0.1) is 0 Å². The number of hydrogen-bond acceptors (Lipinski definition) is 4. The zero-order chi connectivity index (χ0) is 21.6. The van der Waals surface area contributed by atoms with E-state index in [1.807, 2.05) is 29.2 Å². The third-order valence-electron chi connectivity index (χ3n) is 5.90. The summed E-state index contributed by atoms with van der Waals surface area (Å²) in [6.45, 7) is 5.35. The minimum absolute atomic E-state index is 0.0435. The Morgan fingerprint density at radius 1 is 0.806 bits per heavy atom. The maximum absolute atomic E-state index is 12.9. The van der Waals surface area contributed by atoms with Crippen molar-refractivity contribution in [1.29, 1.82) is 0 Å². The van der Waals surface area contributed by atoms with Gasteiger partial charge in [0.2, 0.25) is 0 Å². The van der Waals surface area contributed by atoms with Crippen LogP contribution in [0.5, 0.6) is 5.75 Å². The maximum Gasteiger partial charge on any atom is 0.260 e. The van der Waals surface area contributed by atoms with Gasteiger partial charge in [-0.05, 0) is 54.8 Å². The molecule has 0 unspecified atom stereocenters. The average Bonchev–Trinajstić information content (AvgIpc) is 3.34. The molecule has 0 radical (unpaired) electrons. The van der Waals surface area contributed by atoms with E-state index in [1.54, 1.807) is 4.90 Å². The summed E-state index contributed by atoms with van der Waals surface area (Å²) in [5.41, 5.74) is 1.92. The molecule has 2 aliphatic heterocycles. The average molecular weight is 426 g/mol. The lowest BCUT2D eigenvalue weighted by Gasteiger charge is -2.34. The van der Waals surface area contributed by atoms with Gasteiger partial charge < -0.3 is 14.5 Å². The zero-order valence-corrected chi connectivity index (χ0v) is 17.6. The van der Waals surface area contributed by atoms with E-state index in [2.05, 4.69) is 4.90 Å². The van der Waals surface area contributed by atoms with Crippen molar-refractivity contribution >= 4 is 11.8 Å². The number of amides is 2. The summed E-state index contributed by atoms with van der Waals surface area (Å²) < 4.78 is 18.4. The van der Waals surface area contributed by atoms with Crippen molar-refractivity contribution in [2.24, 2.45) is 0 Å². The largest absolute Gasteiger partial charge is 0.484 e. The number of carbonyl (C=O) groups is 2. The van der Waals surface area contributed by atoms with Gasteiger partial charge in [0.1, 0.15) is 11.6 Å². The lowest BCUT2D eigenvalue weighted by atomic mass is 10.1. The molecular weight excluding hydrogens is 397 g/mol. The second kappa shape index (κ2) is 9.92. The molecule has 2 aliphatic rings. The Hall–Kier alpha value is -2.93. The Morgan fingerprint density at radius 2 is 1.45 bits per heavy atom. The summed E-state index contributed by atoms with van der Waals surface area (Å²) in [6.07, 6.45) is 2.19. The standard InChI is InChI=1S/C24H28FN3O3/c25-21-7-9-22(10-8-21)31-18-23(29)27-15-13-26(14-16-27)17-19-3-5-20(6-4-19)24(30)28-11-1-2-12-28/h3-10H,1-2,11-18H2. The van der Waals surface area contributed by atoms with E-state index < -0.39 is 0 Å². The predicted octanol–water partition coefficient (Wildman–Crippen LogP) is 2.78. The van der Waals surface area contributed by atoms with Crippen molar-refractivity contribution in [3.63, 3.8) is 0 Å². The molecule has 2 saturated heterocycles. The minimum atomic E-state index is -0.331. The lowest BCUT2D eigenvalue weighted by molar-refractivity contribution is -0.135. The number of piperazine rings is 1. The van der Waals surface area contributed by atoms with Gasteiger partial charge in [-0.2, -0.15) is 0 Å². The molecule has 7 heteroatoms. The quantitative estimate of drug-likeness (QED) is 0.714. The summed E-state index contributed by atoms with van der Waals surface area (Å²) in [7, 11) is 0. The Bertz CT molecular complexity index is 887. The Morgan fingerprint density at radius 3 is 2.10 bits per heavy atom. The SMILES string of the molecule is O=C(COc1ccc(F)cc1)N1CCN(Cc2ccc(C(=O)N3CCCC3)cc2)CC1.